The van der Waals surface area contributed by atoms with Crippen molar-refractivity contribution < 1.29 is 4.74 Å². The monoisotopic (exact) mass is 303 g/mol. The Morgan fingerprint density at radius 1 is 1.69 bits per heavy atom. The Hall–Kier alpha value is 0.100. The van der Waals surface area contributed by atoms with Gasteiger partial charge in [-0.2, -0.15) is 0 Å². The van der Waals surface area contributed by atoms with E-state index in [4.69, 9.17) is 4.74 Å². The molecule has 0 radical (unpaired) electrons. The molecule has 1 aromatic rings. The Balaban J connectivity index is 1.79. The van der Waals surface area contributed by atoms with Crippen LogP contribution in [0.15, 0.2) is 15.9 Å². The average molecular weight is 304 g/mol. The smallest absolute Gasteiger partial charge is 0.0506 e. The van der Waals surface area contributed by atoms with Crippen LogP contribution in [-0.2, 0) is 4.74 Å². The molecule has 0 aromatic carbocycles. The van der Waals surface area contributed by atoms with Crippen LogP contribution in [0.4, 0.5) is 0 Å². The summed E-state index contributed by atoms with van der Waals surface area (Å²) in [5.74, 6) is 0.690. The molecule has 0 amide bonds. The lowest BCUT2D eigenvalue weighted by Gasteiger charge is -2.24. The third-order valence-corrected chi connectivity index (χ3v) is 5.06. The quantitative estimate of drug-likeness (QED) is 0.918. The molecule has 1 fully saturated rings. The SMILES string of the molecule is CC(NCC1CCCOC1)c1sccc1Br. The van der Waals surface area contributed by atoms with Gasteiger partial charge in [-0.3, -0.25) is 0 Å². The van der Waals surface area contributed by atoms with Crippen LogP contribution in [0.5, 0.6) is 0 Å². The third-order valence-electron chi connectivity index (χ3n) is 3.01. The molecular weight excluding hydrogens is 286 g/mol. The van der Waals surface area contributed by atoms with E-state index < -0.39 is 0 Å². The highest BCUT2D eigenvalue weighted by Crippen LogP contribution is 2.28. The minimum Gasteiger partial charge on any atom is -0.381 e. The molecule has 1 saturated heterocycles. The van der Waals surface area contributed by atoms with E-state index in [9.17, 15) is 0 Å². The molecule has 16 heavy (non-hydrogen) atoms. The maximum Gasteiger partial charge on any atom is 0.0506 e. The molecule has 90 valence electrons. The maximum atomic E-state index is 5.48. The van der Waals surface area contributed by atoms with Gasteiger partial charge in [-0.1, -0.05) is 0 Å². The Kier molecular flexibility index (Phi) is 4.82. The summed E-state index contributed by atoms with van der Waals surface area (Å²) in [4.78, 5) is 1.39. The van der Waals surface area contributed by atoms with Gasteiger partial charge in [0.15, 0.2) is 0 Å². The van der Waals surface area contributed by atoms with Gasteiger partial charge < -0.3 is 10.1 Å². The number of rotatable bonds is 4. The van der Waals surface area contributed by atoms with Crippen molar-refractivity contribution in [3.63, 3.8) is 0 Å². The Labute approximate surface area is 110 Å². The normalized spacial score (nSPS) is 23.2. The standard InChI is InChI=1S/C12H18BrNOS/c1-9(12-11(13)4-6-16-12)14-7-10-3-2-5-15-8-10/h4,6,9-10,14H,2-3,5,7-8H2,1H3. The molecule has 0 aliphatic carbocycles. The van der Waals surface area contributed by atoms with E-state index in [-0.39, 0.29) is 0 Å². The van der Waals surface area contributed by atoms with Gasteiger partial charge in [0, 0.05) is 28.5 Å². The van der Waals surface area contributed by atoms with Crippen molar-refractivity contribution in [1.82, 2.24) is 5.32 Å². The first-order chi connectivity index (χ1) is 7.77. The summed E-state index contributed by atoms with van der Waals surface area (Å²) < 4.78 is 6.70. The summed E-state index contributed by atoms with van der Waals surface area (Å²) in [5.41, 5.74) is 0. The number of hydrogen-bond donors (Lipinski definition) is 1. The fraction of sp³-hybridized carbons (Fsp3) is 0.667. The van der Waals surface area contributed by atoms with Gasteiger partial charge in [0.2, 0.25) is 0 Å². The highest BCUT2D eigenvalue weighted by molar-refractivity contribution is 9.10. The number of nitrogens with one attached hydrogen (secondary N) is 1. The predicted octanol–water partition coefficient (Wildman–Crippen LogP) is 3.59. The van der Waals surface area contributed by atoms with Crippen LogP contribution in [0, 0.1) is 5.92 Å². The van der Waals surface area contributed by atoms with Crippen LogP contribution in [0.25, 0.3) is 0 Å². The van der Waals surface area contributed by atoms with E-state index in [0.29, 0.717) is 12.0 Å². The van der Waals surface area contributed by atoms with Crippen molar-refractivity contribution in [3.8, 4) is 0 Å². The molecule has 2 heterocycles. The molecule has 1 aliphatic heterocycles. The van der Waals surface area contributed by atoms with E-state index in [0.717, 1.165) is 19.8 Å². The molecule has 1 N–H and O–H groups in total. The zero-order valence-corrected chi connectivity index (χ0v) is 11.9. The Morgan fingerprint density at radius 2 is 2.56 bits per heavy atom. The van der Waals surface area contributed by atoms with E-state index in [2.05, 4.69) is 39.6 Å². The van der Waals surface area contributed by atoms with Crippen LogP contribution < -0.4 is 5.32 Å². The van der Waals surface area contributed by atoms with E-state index >= 15 is 0 Å². The third kappa shape index (κ3) is 3.29. The first kappa shape index (κ1) is 12.6. The molecule has 2 nitrogen and oxygen atoms in total. The lowest BCUT2D eigenvalue weighted by molar-refractivity contribution is 0.0540. The lowest BCUT2D eigenvalue weighted by atomic mass is 10.0. The first-order valence-corrected chi connectivity index (χ1v) is 7.48. The number of thiophene rings is 1. The summed E-state index contributed by atoms with van der Waals surface area (Å²) in [6.45, 7) is 5.15. The highest BCUT2D eigenvalue weighted by Gasteiger charge is 2.16. The number of halogens is 1. The molecule has 1 aliphatic rings. The molecule has 2 unspecified atom stereocenters. The van der Waals surface area contributed by atoms with Crippen LogP contribution in [0.1, 0.15) is 30.7 Å². The van der Waals surface area contributed by atoms with Crippen molar-refractivity contribution in [1.29, 1.82) is 0 Å². The zero-order valence-electron chi connectivity index (χ0n) is 9.54. The number of hydrogen-bond acceptors (Lipinski definition) is 3. The van der Waals surface area contributed by atoms with Gasteiger partial charge in [-0.15, -0.1) is 11.3 Å². The summed E-state index contributed by atoms with van der Waals surface area (Å²) in [6, 6.07) is 2.54. The molecule has 0 bridgehead atoms. The molecular formula is C12H18BrNOS. The van der Waals surface area contributed by atoms with Crippen molar-refractivity contribution in [2.24, 2.45) is 5.92 Å². The van der Waals surface area contributed by atoms with Crippen molar-refractivity contribution in [2.75, 3.05) is 19.8 Å². The topological polar surface area (TPSA) is 21.3 Å². The second kappa shape index (κ2) is 6.15. The maximum absolute atomic E-state index is 5.48. The van der Waals surface area contributed by atoms with Crippen LogP contribution in [0.3, 0.4) is 0 Å². The Bertz CT molecular complexity index is 323. The molecule has 1 aromatic heterocycles. The van der Waals surface area contributed by atoms with E-state index in [1.807, 2.05) is 0 Å². The predicted molar refractivity (Wildman–Crippen MR) is 72.0 cm³/mol. The van der Waals surface area contributed by atoms with Crippen molar-refractivity contribution >= 4 is 27.3 Å². The van der Waals surface area contributed by atoms with Gasteiger partial charge >= 0.3 is 0 Å². The molecule has 2 rings (SSSR count). The second-order valence-electron chi connectivity index (χ2n) is 4.35. The van der Waals surface area contributed by atoms with Crippen LogP contribution >= 0.6 is 27.3 Å². The molecule has 0 saturated carbocycles. The molecule has 4 heteroatoms. The van der Waals surface area contributed by atoms with Crippen molar-refractivity contribution in [3.05, 3.63) is 20.8 Å². The fourth-order valence-electron chi connectivity index (χ4n) is 2.02. The average Bonchev–Trinajstić information content (AvgIpc) is 2.74. The minimum absolute atomic E-state index is 0.427. The van der Waals surface area contributed by atoms with E-state index in [1.165, 1.54) is 22.2 Å². The van der Waals surface area contributed by atoms with Gasteiger partial charge in [-0.25, -0.2) is 0 Å². The largest absolute Gasteiger partial charge is 0.381 e. The second-order valence-corrected chi connectivity index (χ2v) is 6.15. The van der Waals surface area contributed by atoms with Gasteiger partial charge in [0.1, 0.15) is 0 Å². The number of ether oxygens (including phenoxy) is 1. The molecule has 0 spiro atoms. The van der Waals surface area contributed by atoms with Crippen molar-refractivity contribution in [2.45, 2.75) is 25.8 Å². The van der Waals surface area contributed by atoms with Gasteiger partial charge in [-0.05, 0) is 53.1 Å². The summed E-state index contributed by atoms with van der Waals surface area (Å²) in [5, 5.41) is 5.72. The summed E-state index contributed by atoms with van der Waals surface area (Å²) >= 11 is 5.38. The van der Waals surface area contributed by atoms with Gasteiger partial charge in [0.25, 0.3) is 0 Å². The summed E-state index contributed by atoms with van der Waals surface area (Å²) in [6.07, 6.45) is 2.51. The van der Waals surface area contributed by atoms with Gasteiger partial charge in [0.05, 0.1) is 6.61 Å². The highest BCUT2D eigenvalue weighted by atomic mass is 79.9. The lowest BCUT2D eigenvalue weighted by Crippen LogP contribution is -2.30. The van der Waals surface area contributed by atoms with Crippen LogP contribution in [0.2, 0.25) is 0 Å². The Morgan fingerprint density at radius 3 is 3.19 bits per heavy atom. The minimum atomic E-state index is 0.427. The molecule has 2 atom stereocenters. The van der Waals surface area contributed by atoms with E-state index in [1.54, 1.807) is 11.3 Å². The first-order valence-electron chi connectivity index (χ1n) is 5.81. The summed E-state index contributed by atoms with van der Waals surface area (Å²) in [7, 11) is 0. The fourth-order valence-corrected chi connectivity index (χ4v) is 3.77. The zero-order chi connectivity index (χ0) is 11.4. The van der Waals surface area contributed by atoms with Crippen LogP contribution in [-0.4, -0.2) is 19.8 Å².